The maximum atomic E-state index is 14.9. The fraction of sp³-hybridized carbons (Fsp3) is 0.467. The number of fused-ring (bicyclic) bond motifs is 1. The van der Waals surface area contributed by atoms with Gasteiger partial charge in [0.25, 0.3) is 0 Å². The highest BCUT2D eigenvalue weighted by molar-refractivity contribution is 7.13. The molecule has 1 aromatic carbocycles. The van der Waals surface area contributed by atoms with Crippen LogP contribution in [0.2, 0.25) is 0 Å². The maximum absolute atomic E-state index is 14.9. The van der Waals surface area contributed by atoms with Crippen LogP contribution in [0.4, 0.5) is 10.1 Å². The molecule has 1 aromatic heterocycles. The van der Waals surface area contributed by atoms with Crippen LogP contribution in [0.5, 0.6) is 0 Å². The van der Waals surface area contributed by atoms with Crippen LogP contribution < -0.4 is 4.90 Å². The molecule has 1 fully saturated rings. The molecule has 0 aliphatic carbocycles. The molecule has 1 saturated heterocycles. The van der Waals surface area contributed by atoms with Crippen molar-refractivity contribution in [1.82, 2.24) is 4.37 Å². The largest absolute Gasteiger partial charge is 0.372 e. The highest BCUT2D eigenvalue weighted by Gasteiger charge is 2.28. The average Bonchev–Trinajstić information content (AvgIpc) is 2.79. The van der Waals surface area contributed by atoms with E-state index in [0.29, 0.717) is 29.0 Å². The molecular weight excluding hydrogens is 291 g/mol. The van der Waals surface area contributed by atoms with E-state index in [2.05, 4.69) is 4.37 Å². The first-order valence-electron chi connectivity index (χ1n) is 6.95. The summed E-state index contributed by atoms with van der Waals surface area (Å²) in [4.78, 5) is 13.3. The summed E-state index contributed by atoms with van der Waals surface area (Å²) >= 11 is 1.14. The van der Waals surface area contributed by atoms with Crippen molar-refractivity contribution in [2.45, 2.75) is 33.0 Å². The van der Waals surface area contributed by atoms with Gasteiger partial charge in [-0.05, 0) is 38.4 Å². The lowest BCUT2D eigenvalue weighted by atomic mass is 10.1. The Morgan fingerprint density at radius 3 is 2.71 bits per heavy atom. The van der Waals surface area contributed by atoms with Gasteiger partial charge in [0.1, 0.15) is 0 Å². The second kappa shape index (κ2) is 5.35. The first-order valence-corrected chi connectivity index (χ1v) is 7.72. The standard InChI is InChI=1S/C15H17FN2O2S/c1-8-5-18(6-9(2)20-8)14-11(7-19)4-12-10(3)17-21-15(12)13(14)16/h4,7-9H,5-6H2,1-3H3. The topological polar surface area (TPSA) is 42.4 Å². The lowest BCUT2D eigenvalue weighted by molar-refractivity contribution is -0.00541. The monoisotopic (exact) mass is 308 g/mol. The van der Waals surface area contributed by atoms with Crippen molar-refractivity contribution in [2.24, 2.45) is 0 Å². The maximum Gasteiger partial charge on any atom is 0.166 e. The van der Waals surface area contributed by atoms with E-state index >= 15 is 0 Å². The number of ether oxygens (including phenoxy) is 1. The molecule has 21 heavy (non-hydrogen) atoms. The van der Waals surface area contributed by atoms with Crippen molar-refractivity contribution in [2.75, 3.05) is 18.0 Å². The van der Waals surface area contributed by atoms with E-state index < -0.39 is 0 Å². The van der Waals surface area contributed by atoms with Crippen LogP contribution in [0, 0.1) is 12.7 Å². The number of morpholine rings is 1. The minimum atomic E-state index is -0.346. The second-order valence-corrected chi connectivity index (χ2v) is 6.33. The smallest absolute Gasteiger partial charge is 0.166 e. The number of carbonyl (C=O) groups is 1. The summed E-state index contributed by atoms with van der Waals surface area (Å²) < 4.78 is 25.3. The number of hydrogen-bond donors (Lipinski definition) is 0. The van der Waals surface area contributed by atoms with Crippen LogP contribution in [0.1, 0.15) is 29.9 Å². The third-order valence-corrected chi connectivity index (χ3v) is 4.70. The zero-order valence-electron chi connectivity index (χ0n) is 12.2. The second-order valence-electron chi connectivity index (χ2n) is 5.55. The lowest BCUT2D eigenvalue weighted by Crippen LogP contribution is -2.46. The van der Waals surface area contributed by atoms with Gasteiger partial charge < -0.3 is 9.64 Å². The van der Waals surface area contributed by atoms with Gasteiger partial charge in [-0.25, -0.2) is 4.39 Å². The summed E-state index contributed by atoms with van der Waals surface area (Å²) in [5.74, 6) is -0.346. The molecule has 4 nitrogen and oxygen atoms in total. The molecule has 0 amide bonds. The van der Waals surface area contributed by atoms with Crippen LogP contribution in [-0.4, -0.2) is 36.0 Å². The number of anilines is 1. The van der Waals surface area contributed by atoms with Gasteiger partial charge in [0.05, 0.1) is 28.3 Å². The summed E-state index contributed by atoms with van der Waals surface area (Å²) in [6, 6.07) is 1.74. The average molecular weight is 308 g/mol. The van der Waals surface area contributed by atoms with E-state index in [1.54, 1.807) is 6.07 Å². The van der Waals surface area contributed by atoms with Gasteiger partial charge >= 0.3 is 0 Å². The molecule has 0 saturated carbocycles. The molecule has 2 unspecified atom stereocenters. The number of aromatic nitrogens is 1. The molecule has 1 aliphatic rings. The Balaban J connectivity index is 2.16. The number of aryl methyl sites for hydroxylation is 1. The SMILES string of the molecule is Cc1nsc2c(F)c(N3CC(C)OC(C)C3)c(C=O)cc12. The molecule has 0 spiro atoms. The van der Waals surface area contributed by atoms with Crippen molar-refractivity contribution >= 4 is 33.6 Å². The summed E-state index contributed by atoms with van der Waals surface area (Å²) in [5, 5.41) is 0.720. The normalized spacial score (nSPS) is 22.8. The minimum absolute atomic E-state index is 0.00606. The summed E-state index contributed by atoms with van der Waals surface area (Å²) in [5.41, 5.74) is 1.51. The number of carbonyl (C=O) groups excluding carboxylic acids is 1. The van der Waals surface area contributed by atoms with Crippen molar-refractivity contribution < 1.29 is 13.9 Å². The van der Waals surface area contributed by atoms with Crippen LogP contribution in [0.3, 0.4) is 0 Å². The van der Waals surface area contributed by atoms with E-state index in [9.17, 15) is 9.18 Å². The van der Waals surface area contributed by atoms with Crippen LogP contribution in [0.15, 0.2) is 6.07 Å². The summed E-state index contributed by atoms with van der Waals surface area (Å²) in [6.07, 6.45) is 0.734. The zero-order valence-corrected chi connectivity index (χ0v) is 13.0. The van der Waals surface area contributed by atoms with E-state index in [-0.39, 0.29) is 18.0 Å². The zero-order chi connectivity index (χ0) is 15.1. The van der Waals surface area contributed by atoms with Gasteiger partial charge in [-0.1, -0.05) is 0 Å². The van der Waals surface area contributed by atoms with Crippen molar-refractivity contribution in [3.8, 4) is 0 Å². The van der Waals surface area contributed by atoms with Crippen molar-refractivity contribution in [1.29, 1.82) is 0 Å². The number of aldehydes is 1. The van der Waals surface area contributed by atoms with E-state index in [0.717, 1.165) is 28.9 Å². The molecule has 2 aromatic rings. The summed E-state index contributed by atoms with van der Waals surface area (Å²) in [7, 11) is 0. The van der Waals surface area contributed by atoms with Crippen molar-refractivity contribution in [3.05, 3.63) is 23.1 Å². The Morgan fingerprint density at radius 2 is 2.10 bits per heavy atom. The fourth-order valence-electron chi connectivity index (χ4n) is 2.93. The Labute approximate surface area is 126 Å². The molecule has 2 heterocycles. The Hall–Kier alpha value is -1.53. The molecule has 3 rings (SSSR count). The van der Waals surface area contributed by atoms with E-state index in [1.807, 2.05) is 25.7 Å². The molecule has 0 bridgehead atoms. The Kier molecular flexibility index (Phi) is 3.67. The van der Waals surface area contributed by atoms with Crippen LogP contribution in [-0.2, 0) is 4.74 Å². The first-order chi connectivity index (χ1) is 10.0. The molecule has 2 atom stereocenters. The van der Waals surface area contributed by atoms with Gasteiger partial charge in [0.15, 0.2) is 12.1 Å². The minimum Gasteiger partial charge on any atom is -0.372 e. The predicted molar refractivity (Wildman–Crippen MR) is 81.9 cm³/mol. The Bertz CT molecular complexity index is 691. The molecule has 0 radical (unpaired) electrons. The molecule has 0 N–H and O–H groups in total. The molecule has 1 aliphatic heterocycles. The van der Waals surface area contributed by atoms with Gasteiger partial charge in [-0.15, -0.1) is 0 Å². The molecule has 112 valence electrons. The number of nitrogens with zero attached hydrogens (tertiary/aromatic N) is 2. The number of halogens is 1. The lowest BCUT2D eigenvalue weighted by Gasteiger charge is -2.37. The van der Waals surface area contributed by atoms with E-state index in [1.165, 1.54) is 0 Å². The number of benzene rings is 1. The Morgan fingerprint density at radius 1 is 1.43 bits per heavy atom. The third-order valence-electron chi connectivity index (χ3n) is 3.75. The highest BCUT2D eigenvalue weighted by Crippen LogP contribution is 2.35. The van der Waals surface area contributed by atoms with Crippen LogP contribution >= 0.6 is 11.5 Å². The van der Waals surface area contributed by atoms with Gasteiger partial charge in [0, 0.05) is 24.0 Å². The van der Waals surface area contributed by atoms with Gasteiger partial charge in [-0.2, -0.15) is 4.37 Å². The molecular formula is C15H17FN2O2S. The quantitative estimate of drug-likeness (QED) is 0.799. The van der Waals surface area contributed by atoms with Gasteiger partial charge in [0.2, 0.25) is 0 Å². The first kappa shape index (κ1) is 14.4. The highest BCUT2D eigenvalue weighted by atomic mass is 32.1. The number of rotatable bonds is 2. The van der Waals surface area contributed by atoms with Crippen molar-refractivity contribution in [3.63, 3.8) is 0 Å². The molecule has 6 heteroatoms. The van der Waals surface area contributed by atoms with Gasteiger partial charge in [-0.3, -0.25) is 4.79 Å². The van der Waals surface area contributed by atoms with E-state index in [4.69, 9.17) is 4.74 Å². The fourth-order valence-corrected chi connectivity index (χ4v) is 3.74. The number of hydrogen-bond acceptors (Lipinski definition) is 5. The predicted octanol–water partition coefficient (Wildman–Crippen LogP) is 3.17. The van der Waals surface area contributed by atoms with Crippen LogP contribution in [0.25, 0.3) is 10.1 Å². The summed E-state index contributed by atoms with van der Waals surface area (Å²) in [6.45, 7) is 6.88. The third kappa shape index (κ3) is 2.42.